The molecule has 1 aliphatic heterocycles. The molecule has 1 rings (SSSR count). The number of hydrogen-bond donors (Lipinski definition) is 1. The average Bonchev–Trinajstić information content (AvgIpc) is 2.39. The SMILES string of the molecule is CNC(=O)COCCOCCN1CCC(C)CC1. The van der Waals surface area contributed by atoms with Crippen LogP contribution in [0, 0.1) is 5.92 Å². The third-order valence-electron chi connectivity index (χ3n) is 3.31. The topological polar surface area (TPSA) is 50.8 Å². The molecule has 0 spiro atoms. The fourth-order valence-electron chi connectivity index (χ4n) is 1.94. The van der Waals surface area contributed by atoms with Gasteiger partial charge in [-0.1, -0.05) is 6.92 Å². The molecule has 0 saturated carbocycles. The van der Waals surface area contributed by atoms with Gasteiger partial charge >= 0.3 is 0 Å². The van der Waals surface area contributed by atoms with E-state index in [2.05, 4.69) is 17.1 Å². The molecule has 0 unspecified atom stereocenters. The van der Waals surface area contributed by atoms with Gasteiger partial charge in [-0.15, -0.1) is 0 Å². The second-order valence-corrected chi connectivity index (χ2v) is 4.86. The molecule has 18 heavy (non-hydrogen) atoms. The van der Waals surface area contributed by atoms with Gasteiger partial charge in [0.2, 0.25) is 5.91 Å². The predicted octanol–water partition coefficient (Wildman–Crippen LogP) is 0.498. The van der Waals surface area contributed by atoms with Gasteiger partial charge in [0, 0.05) is 13.6 Å². The zero-order valence-electron chi connectivity index (χ0n) is 11.6. The maximum atomic E-state index is 10.9. The van der Waals surface area contributed by atoms with E-state index in [0.717, 1.165) is 19.1 Å². The van der Waals surface area contributed by atoms with Gasteiger partial charge in [0.05, 0.1) is 19.8 Å². The van der Waals surface area contributed by atoms with Crippen molar-refractivity contribution in [3.05, 3.63) is 0 Å². The fourth-order valence-corrected chi connectivity index (χ4v) is 1.94. The highest BCUT2D eigenvalue weighted by atomic mass is 16.5. The van der Waals surface area contributed by atoms with E-state index in [9.17, 15) is 4.79 Å². The van der Waals surface area contributed by atoms with Crippen LogP contribution in [0.3, 0.4) is 0 Å². The molecule has 1 heterocycles. The Balaban J connectivity index is 1.85. The first-order valence-electron chi connectivity index (χ1n) is 6.80. The molecule has 0 aromatic rings. The molecule has 5 nitrogen and oxygen atoms in total. The molecule has 1 saturated heterocycles. The number of nitrogens with zero attached hydrogens (tertiary/aromatic N) is 1. The number of piperidine rings is 1. The standard InChI is InChI=1S/C13H26N2O3/c1-12-3-5-15(6-4-12)7-8-17-9-10-18-11-13(16)14-2/h12H,3-11H2,1-2H3,(H,14,16). The molecule has 1 N–H and O–H groups in total. The average molecular weight is 258 g/mol. The molecule has 0 atom stereocenters. The number of carbonyl (C=O) groups is 1. The maximum Gasteiger partial charge on any atom is 0.245 e. The molecule has 0 bridgehead atoms. The zero-order chi connectivity index (χ0) is 13.2. The maximum absolute atomic E-state index is 10.9. The minimum absolute atomic E-state index is 0.0996. The van der Waals surface area contributed by atoms with Crippen LogP contribution < -0.4 is 5.32 Å². The van der Waals surface area contributed by atoms with E-state index < -0.39 is 0 Å². The lowest BCUT2D eigenvalue weighted by Gasteiger charge is -2.29. The van der Waals surface area contributed by atoms with Gasteiger partial charge in [-0.25, -0.2) is 0 Å². The van der Waals surface area contributed by atoms with Crippen LogP contribution in [0.1, 0.15) is 19.8 Å². The Morgan fingerprint density at radius 3 is 2.56 bits per heavy atom. The zero-order valence-corrected chi connectivity index (χ0v) is 11.6. The summed E-state index contributed by atoms with van der Waals surface area (Å²) in [5.74, 6) is 0.776. The van der Waals surface area contributed by atoms with E-state index in [0.29, 0.717) is 13.2 Å². The van der Waals surface area contributed by atoms with Crippen molar-refractivity contribution in [1.82, 2.24) is 10.2 Å². The van der Waals surface area contributed by atoms with Crippen LogP contribution in [-0.2, 0) is 14.3 Å². The Morgan fingerprint density at radius 1 is 1.22 bits per heavy atom. The number of rotatable bonds is 8. The lowest BCUT2D eigenvalue weighted by molar-refractivity contribution is -0.125. The van der Waals surface area contributed by atoms with Gasteiger partial charge in [0.25, 0.3) is 0 Å². The first kappa shape index (κ1) is 15.4. The predicted molar refractivity (Wildman–Crippen MR) is 70.5 cm³/mol. The number of amides is 1. The Bertz CT molecular complexity index is 228. The van der Waals surface area contributed by atoms with Crippen LogP contribution in [-0.4, -0.2) is 63.9 Å². The van der Waals surface area contributed by atoms with E-state index in [1.165, 1.54) is 25.9 Å². The number of ether oxygens (including phenoxy) is 2. The second kappa shape index (κ2) is 9.30. The molecule has 5 heteroatoms. The second-order valence-electron chi connectivity index (χ2n) is 4.86. The summed E-state index contributed by atoms with van der Waals surface area (Å²) in [6, 6.07) is 0. The van der Waals surface area contributed by atoms with Gasteiger partial charge in [0.1, 0.15) is 6.61 Å². The Labute approximate surface area is 110 Å². The smallest absolute Gasteiger partial charge is 0.245 e. The van der Waals surface area contributed by atoms with Crippen molar-refractivity contribution in [3.63, 3.8) is 0 Å². The minimum atomic E-state index is -0.0996. The summed E-state index contributed by atoms with van der Waals surface area (Å²) in [7, 11) is 1.60. The molecule has 1 fully saturated rings. The van der Waals surface area contributed by atoms with Gasteiger partial charge in [0.15, 0.2) is 0 Å². The quantitative estimate of drug-likeness (QED) is 0.644. The third kappa shape index (κ3) is 6.93. The number of likely N-dealkylation sites (tertiary alicyclic amines) is 1. The molecule has 0 aliphatic carbocycles. The fraction of sp³-hybridized carbons (Fsp3) is 0.923. The van der Waals surface area contributed by atoms with Gasteiger partial charge in [-0.2, -0.15) is 0 Å². The highest BCUT2D eigenvalue weighted by Crippen LogP contribution is 2.15. The molecular weight excluding hydrogens is 232 g/mol. The summed E-state index contributed by atoms with van der Waals surface area (Å²) in [6.07, 6.45) is 2.60. The van der Waals surface area contributed by atoms with Gasteiger partial charge in [-0.3, -0.25) is 4.79 Å². The van der Waals surface area contributed by atoms with Crippen LogP contribution in [0.15, 0.2) is 0 Å². The molecule has 1 aliphatic rings. The van der Waals surface area contributed by atoms with E-state index in [1.54, 1.807) is 7.05 Å². The normalized spacial score (nSPS) is 17.9. The van der Waals surface area contributed by atoms with Crippen molar-refractivity contribution in [2.24, 2.45) is 5.92 Å². The van der Waals surface area contributed by atoms with E-state index in [1.807, 2.05) is 0 Å². The Hall–Kier alpha value is -0.650. The van der Waals surface area contributed by atoms with Crippen LogP contribution in [0.25, 0.3) is 0 Å². The highest BCUT2D eigenvalue weighted by molar-refractivity contribution is 5.76. The van der Waals surface area contributed by atoms with E-state index in [4.69, 9.17) is 9.47 Å². The molecule has 1 amide bonds. The molecule has 106 valence electrons. The van der Waals surface area contributed by atoms with E-state index >= 15 is 0 Å². The lowest BCUT2D eigenvalue weighted by atomic mass is 9.99. The Morgan fingerprint density at radius 2 is 1.89 bits per heavy atom. The summed E-state index contributed by atoms with van der Waals surface area (Å²) in [5.41, 5.74) is 0. The van der Waals surface area contributed by atoms with Crippen molar-refractivity contribution < 1.29 is 14.3 Å². The minimum Gasteiger partial charge on any atom is -0.378 e. The number of carbonyl (C=O) groups excluding carboxylic acids is 1. The van der Waals surface area contributed by atoms with Crippen molar-refractivity contribution in [2.45, 2.75) is 19.8 Å². The van der Waals surface area contributed by atoms with Crippen LogP contribution >= 0.6 is 0 Å². The van der Waals surface area contributed by atoms with Crippen molar-refractivity contribution in [3.8, 4) is 0 Å². The largest absolute Gasteiger partial charge is 0.378 e. The number of nitrogens with one attached hydrogen (secondary N) is 1. The van der Waals surface area contributed by atoms with E-state index in [-0.39, 0.29) is 12.5 Å². The molecule has 0 aromatic carbocycles. The van der Waals surface area contributed by atoms with Crippen molar-refractivity contribution in [2.75, 3.05) is 53.1 Å². The monoisotopic (exact) mass is 258 g/mol. The first-order chi connectivity index (χ1) is 8.72. The number of likely N-dealkylation sites (N-methyl/N-ethyl adjacent to an activating group) is 1. The van der Waals surface area contributed by atoms with Crippen LogP contribution in [0.4, 0.5) is 0 Å². The summed E-state index contributed by atoms with van der Waals surface area (Å²) >= 11 is 0. The highest BCUT2D eigenvalue weighted by Gasteiger charge is 2.14. The summed E-state index contributed by atoms with van der Waals surface area (Å²) in [6.45, 7) is 7.60. The van der Waals surface area contributed by atoms with Crippen molar-refractivity contribution >= 4 is 5.91 Å². The number of hydrogen-bond acceptors (Lipinski definition) is 4. The molecule has 0 radical (unpaired) electrons. The molecular formula is C13H26N2O3. The van der Waals surface area contributed by atoms with Crippen molar-refractivity contribution in [1.29, 1.82) is 0 Å². The summed E-state index contributed by atoms with van der Waals surface area (Å²) in [4.78, 5) is 13.3. The summed E-state index contributed by atoms with van der Waals surface area (Å²) in [5, 5.41) is 2.50. The Kier molecular flexibility index (Phi) is 7.96. The summed E-state index contributed by atoms with van der Waals surface area (Å²) < 4.78 is 10.6. The van der Waals surface area contributed by atoms with Crippen LogP contribution in [0.5, 0.6) is 0 Å². The van der Waals surface area contributed by atoms with Gasteiger partial charge < -0.3 is 19.7 Å². The molecule has 0 aromatic heterocycles. The van der Waals surface area contributed by atoms with Gasteiger partial charge in [-0.05, 0) is 31.8 Å². The third-order valence-corrected chi connectivity index (χ3v) is 3.31. The van der Waals surface area contributed by atoms with Crippen LogP contribution in [0.2, 0.25) is 0 Å². The lowest BCUT2D eigenvalue weighted by Crippen LogP contribution is -2.35. The first-order valence-corrected chi connectivity index (χ1v) is 6.80.